The molecule has 100 valence electrons. The summed E-state index contributed by atoms with van der Waals surface area (Å²) >= 11 is 6.98. The van der Waals surface area contributed by atoms with Gasteiger partial charge in [0.2, 0.25) is 0 Å². The van der Waals surface area contributed by atoms with E-state index in [0.29, 0.717) is 0 Å². The lowest BCUT2D eigenvalue weighted by Crippen LogP contribution is -1.96. The number of methoxy groups -OCH3 is 1. The molecule has 2 aromatic carbocycles. The van der Waals surface area contributed by atoms with E-state index >= 15 is 0 Å². The van der Waals surface area contributed by atoms with Crippen LogP contribution in [0.15, 0.2) is 39.3 Å². The minimum atomic E-state index is 0.772. The lowest BCUT2D eigenvalue weighted by Gasteiger charge is -2.12. The summed E-state index contributed by atoms with van der Waals surface area (Å²) < 4.78 is 7.05. The Kier molecular flexibility index (Phi) is 4.37. The lowest BCUT2D eigenvalue weighted by molar-refractivity contribution is 0.412. The second-order valence-electron chi connectivity index (χ2n) is 4.16. The summed E-state index contributed by atoms with van der Waals surface area (Å²) in [5.41, 5.74) is 9.62. The van der Waals surface area contributed by atoms with Crippen LogP contribution >= 0.6 is 31.9 Å². The third kappa shape index (κ3) is 3.22. The van der Waals surface area contributed by atoms with Gasteiger partial charge in [-0.1, -0.05) is 0 Å². The molecule has 2 aromatic rings. The molecule has 5 heteroatoms. The summed E-state index contributed by atoms with van der Waals surface area (Å²) in [6.07, 6.45) is 0. The molecule has 0 saturated carbocycles. The maximum Gasteiger partial charge on any atom is 0.133 e. The highest BCUT2D eigenvalue weighted by Gasteiger charge is 2.06. The molecule has 0 aliphatic carbocycles. The zero-order chi connectivity index (χ0) is 14.0. The second kappa shape index (κ2) is 5.84. The van der Waals surface area contributed by atoms with E-state index in [1.165, 1.54) is 0 Å². The van der Waals surface area contributed by atoms with Crippen LogP contribution in [0.4, 0.5) is 17.1 Å². The average Bonchev–Trinajstić information content (AvgIpc) is 2.36. The van der Waals surface area contributed by atoms with Crippen LogP contribution < -0.4 is 15.8 Å². The van der Waals surface area contributed by atoms with Gasteiger partial charge in [-0.15, -0.1) is 0 Å². The summed E-state index contributed by atoms with van der Waals surface area (Å²) in [6, 6.07) is 9.75. The Morgan fingerprint density at radius 1 is 1.11 bits per heavy atom. The molecular weight excluding hydrogens is 372 g/mol. The fourth-order valence-corrected chi connectivity index (χ4v) is 2.69. The Morgan fingerprint density at radius 3 is 2.47 bits per heavy atom. The Hall–Kier alpha value is -1.20. The largest absolute Gasteiger partial charge is 0.496 e. The van der Waals surface area contributed by atoms with Gasteiger partial charge in [-0.2, -0.15) is 0 Å². The van der Waals surface area contributed by atoms with E-state index in [4.69, 9.17) is 10.5 Å². The van der Waals surface area contributed by atoms with Crippen molar-refractivity contribution in [2.45, 2.75) is 6.92 Å². The SMILES string of the molecule is COc1ccc(Nc2cc(C)c(N)cc2Br)cc1Br. The standard InChI is InChI=1S/C14H14Br2N2O/c1-8-5-13(10(15)7-12(8)17)18-9-3-4-14(19-2)11(16)6-9/h3-7,18H,17H2,1-2H3. The number of ether oxygens (including phenoxy) is 1. The van der Waals surface area contributed by atoms with Gasteiger partial charge in [-0.05, 0) is 74.7 Å². The van der Waals surface area contributed by atoms with E-state index in [1.54, 1.807) is 7.11 Å². The van der Waals surface area contributed by atoms with Crippen molar-refractivity contribution in [3.63, 3.8) is 0 Å². The van der Waals surface area contributed by atoms with Gasteiger partial charge in [-0.25, -0.2) is 0 Å². The average molecular weight is 386 g/mol. The summed E-state index contributed by atoms with van der Waals surface area (Å²) in [4.78, 5) is 0. The van der Waals surface area contributed by atoms with Crippen molar-refractivity contribution in [1.82, 2.24) is 0 Å². The van der Waals surface area contributed by atoms with Gasteiger partial charge in [-0.3, -0.25) is 0 Å². The van der Waals surface area contributed by atoms with E-state index < -0.39 is 0 Å². The van der Waals surface area contributed by atoms with Crippen LogP contribution in [0.2, 0.25) is 0 Å². The van der Waals surface area contributed by atoms with Crippen LogP contribution in [0, 0.1) is 6.92 Å². The molecule has 0 heterocycles. The third-order valence-corrected chi connectivity index (χ3v) is 4.06. The second-order valence-corrected chi connectivity index (χ2v) is 5.87. The van der Waals surface area contributed by atoms with Crippen LogP contribution in [0.1, 0.15) is 5.56 Å². The highest BCUT2D eigenvalue weighted by molar-refractivity contribution is 9.11. The van der Waals surface area contributed by atoms with Crippen molar-refractivity contribution >= 4 is 48.9 Å². The fourth-order valence-electron chi connectivity index (χ4n) is 1.69. The highest BCUT2D eigenvalue weighted by atomic mass is 79.9. The minimum Gasteiger partial charge on any atom is -0.496 e. The Balaban J connectivity index is 2.31. The molecular formula is C14H14Br2N2O. The molecule has 2 rings (SSSR count). The molecule has 19 heavy (non-hydrogen) atoms. The molecule has 0 radical (unpaired) electrons. The van der Waals surface area contributed by atoms with Crippen molar-refractivity contribution in [2.75, 3.05) is 18.2 Å². The number of anilines is 3. The van der Waals surface area contributed by atoms with Crippen molar-refractivity contribution in [1.29, 1.82) is 0 Å². The first-order valence-corrected chi connectivity index (χ1v) is 7.26. The minimum absolute atomic E-state index is 0.772. The molecule has 0 aromatic heterocycles. The number of nitrogen functional groups attached to an aromatic ring is 1. The zero-order valence-electron chi connectivity index (χ0n) is 10.6. The first-order chi connectivity index (χ1) is 9.01. The topological polar surface area (TPSA) is 47.3 Å². The Bertz CT molecular complexity index is 615. The summed E-state index contributed by atoms with van der Waals surface area (Å²) in [5.74, 6) is 0.804. The van der Waals surface area contributed by atoms with Crippen molar-refractivity contribution in [3.8, 4) is 5.75 Å². The first kappa shape index (κ1) is 14.2. The molecule has 0 amide bonds. The van der Waals surface area contributed by atoms with Gasteiger partial charge in [0.15, 0.2) is 0 Å². The zero-order valence-corrected chi connectivity index (χ0v) is 13.8. The van der Waals surface area contributed by atoms with Gasteiger partial charge in [0.05, 0.1) is 17.3 Å². The predicted octanol–water partition coefficient (Wildman–Crippen LogP) is 4.85. The van der Waals surface area contributed by atoms with Crippen LogP contribution in [-0.2, 0) is 0 Å². The third-order valence-electron chi connectivity index (χ3n) is 2.79. The Morgan fingerprint density at radius 2 is 1.84 bits per heavy atom. The lowest BCUT2D eigenvalue weighted by atomic mass is 10.2. The quantitative estimate of drug-likeness (QED) is 0.742. The number of aryl methyl sites for hydroxylation is 1. The molecule has 3 N–H and O–H groups in total. The van der Waals surface area contributed by atoms with Crippen molar-refractivity contribution < 1.29 is 4.74 Å². The smallest absolute Gasteiger partial charge is 0.133 e. The van der Waals surface area contributed by atoms with Crippen LogP contribution in [0.25, 0.3) is 0 Å². The van der Waals surface area contributed by atoms with Gasteiger partial charge >= 0.3 is 0 Å². The van der Waals surface area contributed by atoms with Crippen LogP contribution in [-0.4, -0.2) is 7.11 Å². The molecule has 0 unspecified atom stereocenters. The number of hydrogen-bond acceptors (Lipinski definition) is 3. The van der Waals surface area contributed by atoms with E-state index in [0.717, 1.165) is 37.3 Å². The molecule has 0 saturated heterocycles. The highest BCUT2D eigenvalue weighted by Crippen LogP contribution is 2.33. The fraction of sp³-hybridized carbons (Fsp3) is 0.143. The summed E-state index contributed by atoms with van der Waals surface area (Å²) in [7, 11) is 1.65. The molecule has 0 atom stereocenters. The molecule has 0 fully saturated rings. The normalized spacial score (nSPS) is 10.3. The number of hydrogen-bond donors (Lipinski definition) is 2. The van der Waals surface area contributed by atoms with Crippen molar-refractivity contribution in [3.05, 3.63) is 44.8 Å². The monoisotopic (exact) mass is 384 g/mol. The molecule has 0 bridgehead atoms. The Labute approximate surface area is 129 Å². The maximum atomic E-state index is 5.86. The number of benzene rings is 2. The van der Waals surface area contributed by atoms with E-state index in [2.05, 4.69) is 37.2 Å². The van der Waals surface area contributed by atoms with E-state index in [1.807, 2.05) is 37.3 Å². The number of halogens is 2. The number of nitrogens with one attached hydrogen (secondary N) is 1. The van der Waals surface area contributed by atoms with E-state index in [9.17, 15) is 0 Å². The number of rotatable bonds is 3. The van der Waals surface area contributed by atoms with Gasteiger partial charge < -0.3 is 15.8 Å². The van der Waals surface area contributed by atoms with Gasteiger partial charge in [0, 0.05) is 15.8 Å². The van der Waals surface area contributed by atoms with Gasteiger partial charge in [0.25, 0.3) is 0 Å². The number of nitrogens with two attached hydrogens (primary N) is 1. The van der Waals surface area contributed by atoms with Crippen LogP contribution in [0.5, 0.6) is 5.75 Å². The first-order valence-electron chi connectivity index (χ1n) is 5.67. The summed E-state index contributed by atoms with van der Waals surface area (Å²) in [6.45, 7) is 1.98. The summed E-state index contributed by atoms with van der Waals surface area (Å²) in [5, 5.41) is 3.34. The van der Waals surface area contributed by atoms with Gasteiger partial charge in [0.1, 0.15) is 5.75 Å². The van der Waals surface area contributed by atoms with Crippen LogP contribution in [0.3, 0.4) is 0 Å². The predicted molar refractivity (Wildman–Crippen MR) is 87.3 cm³/mol. The molecule has 0 spiro atoms. The van der Waals surface area contributed by atoms with E-state index in [-0.39, 0.29) is 0 Å². The van der Waals surface area contributed by atoms with Crippen molar-refractivity contribution in [2.24, 2.45) is 0 Å². The molecule has 3 nitrogen and oxygen atoms in total. The maximum absolute atomic E-state index is 5.86. The molecule has 0 aliphatic rings. The molecule has 0 aliphatic heterocycles.